The molecule has 11 heteroatoms. The molecule has 0 atom stereocenters. The van der Waals surface area contributed by atoms with Gasteiger partial charge in [0.1, 0.15) is 4.21 Å². The van der Waals surface area contributed by atoms with E-state index < -0.39 is 20.0 Å². The van der Waals surface area contributed by atoms with Crippen LogP contribution in [0.15, 0.2) is 61.6 Å². The van der Waals surface area contributed by atoms with Gasteiger partial charge in [-0.3, -0.25) is 4.72 Å². The van der Waals surface area contributed by atoms with Crippen LogP contribution >= 0.6 is 11.3 Å². The van der Waals surface area contributed by atoms with Crippen molar-refractivity contribution >= 4 is 37.1 Å². The zero-order valence-electron chi connectivity index (χ0n) is 11.9. The number of rotatable bonds is 5. The van der Waals surface area contributed by atoms with E-state index in [1.807, 2.05) is 0 Å². The van der Waals surface area contributed by atoms with Crippen LogP contribution in [-0.4, -0.2) is 22.0 Å². The molecule has 0 unspecified atom stereocenters. The van der Waals surface area contributed by atoms with E-state index in [4.69, 9.17) is 9.66 Å². The summed E-state index contributed by atoms with van der Waals surface area (Å²) in [5.41, 5.74) is 0.819. The Labute approximate surface area is 142 Å². The van der Waals surface area contributed by atoms with Gasteiger partial charge in [-0.05, 0) is 30.3 Å². The summed E-state index contributed by atoms with van der Waals surface area (Å²) >= 11 is 1.03. The molecule has 2 aromatic heterocycles. The summed E-state index contributed by atoms with van der Waals surface area (Å²) in [5, 5.41) is 10.2. The van der Waals surface area contributed by atoms with Crippen molar-refractivity contribution < 1.29 is 21.4 Å². The Bertz CT molecular complexity index is 1050. The van der Waals surface area contributed by atoms with Gasteiger partial charge in [0.2, 0.25) is 10.0 Å². The lowest BCUT2D eigenvalue weighted by atomic mass is 10.3. The molecule has 0 saturated carbocycles. The predicted molar refractivity (Wildman–Crippen MR) is 88.4 cm³/mol. The summed E-state index contributed by atoms with van der Waals surface area (Å²) < 4.78 is 54.6. The summed E-state index contributed by atoms with van der Waals surface area (Å²) in [4.78, 5) is -0.103. The number of nitrogens with two attached hydrogens (primary N) is 1. The fourth-order valence-corrected chi connectivity index (χ4v) is 4.61. The summed E-state index contributed by atoms with van der Waals surface area (Å²) in [6, 6.07) is 8.18. The first kappa shape index (κ1) is 16.6. The number of thiophene rings is 1. The quantitative estimate of drug-likeness (QED) is 0.689. The highest BCUT2D eigenvalue weighted by Gasteiger charge is 2.19. The fraction of sp³-hybridized carbons (Fsp3) is 0. The molecule has 0 amide bonds. The van der Waals surface area contributed by atoms with Gasteiger partial charge in [-0.25, -0.2) is 22.0 Å². The Kier molecular flexibility index (Phi) is 4.17. The van der Waals surface area contributed by atoms with E-state index in [0.717, 1.165) is 11.3 Å². The molecular weight excluding hydrogens is 374 g/mol. The molecule has 0 spiro atoms. The molecule has 3 aromatic rings. The molecule has 0 aliphatic carbocycles. The van der Waals surface area contributed by atoms with Crippen molar-refractivity contribution in [1.29, 1.82) is 0 Å². The van der Waals surface area contributed by atoms with Crippen molar-refractivity contribution in [2.45, 2.75) is 9.10 Å². The molecule has 126 valence electrons. The highest BCUT2D eigenvalue weighted by molar-refractivity contribution is 7.94. The van der Waals surface area contributed by atoms with Gasteiger partial charge in [0.15, 0.2) is 5.76 Å². The number of nitrogens with zero attached hydrogens (tertiary/aromatic N) is 1. The molecule has 0 saturated heterocycles. The van der Waals surface area contributed by atoms with E-state index in [-0.39, 0.29) is 14.8 Å². The van der Waals surface area contributed by atoms with Crippen LogP contribution in [0.5, 0.6) is 0 Å². The minimum atomic E-state index is -3.83. The standard InChI is InChI=1S/C13H11N3O5S3/c14-23(17,18)11-3-1-10(2-4-11)16-24(19,20)13-7-9(8-22-13)12-5-6-15-21-12/h1-8,16H,(H2,14,17,18). The van der Waals surface area contributed by atoms with E-state index in [2.05, 4.69) is 9.88 Å². The number of primary sulfonamides is 1. The lowest BCUT2D eigenvalue weighted by Crippen LogP contribution is -2.13. The normalized spacial score (nSPS) is 12.2. The van der Waals surface area contributed by atoms with Gasteiger partial charge >= 0.3 is 0 Å². The molecular formula is C13H11N3O5S3. The second-order valence-corrected chi connectivity index (χ2v) is 9.09. The van der Waals surface area contributed by atoms with E-state index in [0.29, 0.717) is 11.3 Å². The average molecular weight is 385 g/mol. The zero-order valence-corrected chi connectivity index (χ0v) is 14.4. The van der Waals surface area contributed by atoms with Crippen LogP contribution in [0.25, 0.3) is 11.3 Å². The number of hydrogen-bond acceptors (Lipinski definition) is 7. The highest BCUT2D eigenvalue weighted by Crippen LogP contribution is 2.29. The van der Waals surface area contributed by atoms with E-state index in [1.165, 1.54) is 36.5 Å². The molecule has 1 aromatic carbocycles. The molecule has 0 aliphatic heterocycles. The number of benzene rings is 1. The minimum absolute atomic E-state index is 0.0874. The Hall–Kier alpha value is -2.21. The number of hydrogen-bond donors (Lipinski definition) is 2. The maximum absolute atomic E-state index is 12.4. The minimum Gasteiger partial charge on any atom is -0.356 e. The predicted octanol–water partition coefficient (Wildman–Crippen LogP) is 1.85. The van der Waals surface area contributed by atoms with Crippen molar-refractivity contribution in [3.8, 4) is 11.3 Å². The molecule has 2 heterocycles. The van der Waals surface area contributed by atoms with Crippen LogP contribution in [0.1, 0.15) is 0 Å². The molecule has 0 fully saturated rings. The number of sulfonamides is 2. The highest BCUT2D eigenvalue weighted by atomic mass is 32.2. The second kappa shape index (κ2) is 6.02. The summed E-state index contributed by atoms with van der Waals surface area (Å²) in [6.07, 6.45) is 1.46. The first-order valence-corrected chi connectivity index (χ1v) is 10.3. The number of aromatic nitrogens is 1. The fourth-order valence-electron chi connectivity index (χ4n) is 1.87. The lowest BCUT2D eigenvalue weighted by molar-refractivity contribution is 0.432. The molecule has 24 heavy (non-hydrogen) atoms. The SMILES string of the molecule is NS(=O)(=O)c1ccc(NS(=O)(=O)c2cc(-c3ccno3)cs2)cc1. The third kappa shape index (κ3) is 3.48. The van der Waals surface area contributed by atoms with Gasteiger partial charge < -0.3 is 4.52 Å². The van der Waals surface area contributed by atoms with Crippen LogP contribution in [0.2, 0.25) is 0 Å². The van der Waals surface area contributed by atoms with Crippen molar-refractivity contribution in [2.24, 2.45) is 5.14 Å². The molecule has 0 radical (unpaired) electrons. The van der Waals surface area contributed by atoms with Crippen molar-refractivity contribution in [3.63, 3.8) is 0 Å². The maximum Gasteiger partial charge on any atom is 0.271 e. The Balaban J connectivity index is 1.84. The molecule has 3 rings (SSSR count). The number of anilines is 1. The van der Waals surface area contributed by atoms with Gasteiger partial charge in [0.05, 0.1) is 11.1 Å². The smallest absolute Gasteiger partial charge is 0.271 e. The zero-order chi connectivity index (χ0) is 17.4. The van der Waals surface area contributed by atoms with Gasteiger partial charge in [-0.2, -0.15) is 0 Å². The van der Waals surface area contributed by atoms with Crippen LogP contribution in [0, 0.1) is 0 Å². The van der Waals surface area contributed by atoms with E-state index in [1.54, 1.807) is 11.4 Å². The van der Waals surface area contributed by atoms with Gasteiger partial charge in [-0.15, -0.1) is 11.3 Å². The van der Waals surface area contributed by atoms with Gasteiger partial charge in [0.25, 0.3) is 10.0 Å². The summed E-state index contributed by atoms with van der Waals surface area (Å²) in [6.45, 7) is 0. The molecule has 0 aliphatic rings. The van der Waals surface area contributed by atoms with E-state index in [9.17, 15) is 16.8 Å². The van der Waals surface area contributed by atoms with Crippen molar-refractivity contribution in [2.75, 3.05) is 4.72 Å². The number of nitrogens with one attached hydrogen (secondary N) is 1. The topological polar surface area (TPSA) is 132 Å². The first-order valence-electron chi connectivity index (χ1n) is 6.41. The Morgan fingerprint density at radius 3 is 2.38 bits per heavy atom. The monoisotopic (exact) mass is 385 g/mol. The third-order valence-corrected chi connectivity index (χ3v) is 6.75. The largest absolute Gasteiger partial charge is 0.356 e. The van der Waals surface area contributed by atoms with Crippen LogP contribution in [-0.2, 0) is 20.0 Å². The van der Waals surface area contributed by atoms with Crippen molar-refractivity contribution in [1.82, 2.24) is 5.16 Å². The average Bonchev–Trinajstić information content (AvgIpc) is 3.18. The van der Waals surface area contributed by atoms with Gasteiger partial charge in [0, 0.05) is 22.7 Å². The lowest BCUT2D eigenvalue weighted by Gasteiger charge is -2.06. The van der Waals surface area contributed by atoms with Crippen LogP contribution in [0.3, 0.4) is 0 Å². The molecule has 3 N–H and O–H groups in total. The maximum atomic E-state index is 12.4. The van der Waals surface area contributed by atoms with E-state index >= 15 is 0 Å². The summed E-state index contributed by atoms with van der Waals surface area (Å²) in [5.74, 6) is 0.463. The van der Waals surface area contributed by atoms with Crippen LogP contribution in [0.4, 0.5) is 5.69 Å². The molecule has 8 nitrogen and oxygen atoms in total. The van der Waals surface area contributed by atoms with Crippen molar-refractivity contribution in [3.05, 3.63) is 48.0 Å². The Morgan fingerprint density at radius 2 is 1.79 bits per heavy atom. The third-order valence-electron chi connectivity index (χ3n) is 3.00. The van der Waals surface area contributed by atoms with Crippen LogP contribution < -0.4 is 9.86 Å². The van der Waals surface area contributed by atoms with Gasteiger partial charge in [-0.1, -0.05) is 5.16 Å². The summed E-state index contributed by atoms with van der Waals surface area (Å²) in [7, 11) is -7.63. The first-order chi connectivity index (χ1) is 11.3. The Morgan fingerprint density at radius 1 is 1.08 bits per heavy atom. The molecule has 0 bridgehead atoms. The second-order valence-electron chi connectivity index (χ2n) is 4.71.